The second kappa shape index (κ2) is 12.1. The van der Waals surface area contributed by atoms with E-state index in [4.69, 9.17) is 4.42 Å². The van der Waals surface area contributed by atoms with Gasteiger partial charge in [-0.2, -0.15) is 0 Å². The molecule has 0 amide bonds. The number of hydrogen-bond acceptors (Lipinski definition) is 2. The van der Waals surface area contributed by atoms with Crippen LogP contribution in [0.25, 0.3) is 76.9 Å². The van der Waals surface area contributed by atoms with E-state index >= 15 is 0 Å². The number of furan rings is 1. The molecule has 1 aliphatic carbocycles. The molecular weight excluding hydrogens is 667 g/mol. The van der Waals surface area contributed by atoms with E-state index in [0.29, 0.717) is 0 Å². The van der Waals surface area contributed by atoms with E-state index < -0.39 is 0 Å². The summed E-state index contributed by atoms with van der Waals surface area (Å²) in [5.74, 6) is 0. The van der Waals surface area contributed by atoms with Crippen molar-refractivity contribution in [3.8, 4) is 33.4 Å². The predicted octanol–water partition coefficient (Wildman–Crippen LogP) is 15.0. The molecule has 0 bridgehead atoms. The molecule has 0 N–H and O–H groups in total. The van der Waals surface area contributed by atoms with Gasteiger partial charge in [0.1, 0.15) is 11.2 Å². The third-order valence-electron chi connectivity index (χ3n) is 11.8. The zero-order valence-corrected chi connectivity index (χ0v) is 30.8. The van der Waals surface area contributed by atoms with Gasteiger partial charge in [0.25, 0.3) is 0 Å². The minimum absolute atomic E-state index is 0.151. The summed E-state index contributed by atoms with van der Waals surface area (Å²) in [5, 5.41) is 7.13. The average Bonchev–Trinajstić information content (AvgIpc) is 3.71. The van der Waals surface area contributed by atoms with Crippen LogP contribution in [0.2, 0.25) is 0 Å². The van der Waals surface area contributed by atoms with Crippen LogP contribution in [0.5, 0.6) is 0 Å². The summed E-state index contributed by atoms with van der Waals surface area (Å²) in [5.41, 5.74) is 14.9. The van der Waals surface area contributed by atoms with Crippen LogP contribution >= 0.6 is 0 Å². The highest BCUT2D eigenvalue weighted by Gasteiger charge is 2.36. The van der Waals surface area contributed by atoms with Crippen molar-refractivity contribution in [1.29, 1.82) is 0 Å². The minimum atomic E-state index is -0.151. The summed E-state index contributed by atoms with van der Waals surface area (Å²) < 4.78 is 6.54. The van der Waals surface area contributed by atoms with Crippen LogP contribution in [-0.4, -0.2) is 0 Å². The molecule has 0 fully saturated rings. The second-order valence-electron chi connectivity index (χ2n) is 15.3. The maximum atomic E-state index is 6.54. The lowest BCUT2D eigenvalue weighted by Gasteiger charge is -2.31. The molecule has 0 radical (unpaired) electrons. The van der Waals surface area contributed by atoms with Crippen LogP contribution in [0, 0.1) is 0 Å². The van der Waals surface area contributed by atoms with Gasteiger partial charge in [0.05, 0.1) is 5.69 Å². The minimum Gasteiger partial charge on any atom is -0.456 e. The number of anilines is 3. The lowest BCUT2D eigenvalue weighted by molar-refractivity contribution is 0.660. The zero-order valence-electron chi connectivity index (χ0n) is 30.8. The fourth-order valence-electron chi connectivity index (χ4n) is 9.16. The van der Waals surface area contributed by atoms with Crippen molar-refractivity contribution >= 4 is 60.5 Å². The molecule has 0 atom stereocenters. The number of nitrogens with zero attached hydrogens (tertiary/aromatic N) is 1. The fraction of sp³-hybridized carbons (Fsp3) is 0.0566. The molecular formula is C53H37NO. The van der Waals surface area contributed by atoms with Crippen LogP contribution in [0.3, 0.4) is 0 Å². The number of para-hydroxylation sites is 1. The molecule has 1 aromatic heterocycles. The lowest BCUT2D eigenvalue weighted by atomic mass is 9.82. The van der Waals surface area contributed by atoms with Gasteiger partial charge in [-0.15, -0.1) is 0 Å². The van der Waals surface area contributed by atoms with Crippen LogP contribution in [0.15, 0.2) is 192 Å². The van der Waals surface area contributed by atoms with E-state index in [2.05, 4.69) is 201 Å². The van der Waals surface area contributed by atoms with Crippen molar-refractivity contribution in [3.05, 3.63) is 199 Å². The van der Waals surface area contributed by atoms with Crippen molar-refractivity contribution in [2.24, 2.45) is 0 Å². The maximum Gasteiger partial charge on any atom is 0.137 e. The van der Waals surface area contributed by atoms with Gasteiger partial charge in [-0.1, -0.05) is 153 Å². The summed E-state index contributed by atoms with van der Waals surface area (Å²) in [4.78, 5) is 2.45. The molecule has 1 heterocycles. The Balaban J connectivity index is 1.22. The van der Waals surface area contributed by atoms with Crippen LogP contribution in [0.1, 0.15) is 25.0 Å². The standard InChI is InChI=1S/C53H37NO/c1-53(2)47-22-9-7-18-42(47)43-29-27-38(32-48(43)53)54(39-28-30-45-44-19-8-10-24-50(44)55-51(45)33-39)49-23-12-20-41(37-26-25-34-13-3-4-15-36(34)31-37)52(49)46-21-11-16-35-14-5-6-17-40(35)46/h3-33H,1-2H3. The molecule has 0 saturated carbocycles. The van der Waals surface area contributed by atoms with Gasteiger partial charge in [-0.3, -0.25) is 0 Å². The maximum absolute atomic E-state index is 6.54. The molecule has 11 rings (SSSR count). The average molecular weight is 704 g/mol. The third-order valence-corrected chi connectivity index (χ3v) is 11.8. The summed E-state index contributed by atoms with van der Waals surface area (Å²) in [6.07, 6.45) is 0. The van der Waals surface area contributed by atoms with Crippen LogP contribution < -0.4 is 4.90 Å². The first-order valence-corrected chi connectivity index (χ1v) is 19.1. The van der Waals surface area contributed by atoms with Crippen LogP contribution in [0.4, 0.5) is 17.1 Å². The fourth-order valence-corrected chi connectivity index (χ4v) is 9.16. The van der Waals surface area contributed by atoms with E-state index in [1.54, 1.807) is 0 Å². The second-order valence-corrected chi connectivity index (χ2v) is 15.3. The van der Waals surface area contributed by atoms with Gasteiger partial charge in [-0.05, 0) is 103 Å². The van der Waals surface area contributed by atoms with Crippen molar-refractivity contribution in [2.45, 2.75) is 19.3 Å². The number of rotatable bonds is 5. The highest BCUT2D eigenvalue weighted by Crippen LogP contribution is 2.53. The Morgan fingerprint density at radius 3 is 1.95 bits per heavy atom. The topological polar surface area (TPSA) is 16.4 Å². The normalized spacial score (nSPS) is 13.1. The summed E-state index contributed by atoms with van der Waals surface area (Å²) >= 11 is 0. The molecule has 2 heteroatoms. The number of benzene rings is 9. The van der Waals surface area contributed by atoms with Gasteiger partial charge in [0, 0.05) is 39.2 Å². The highest BCUT2D eigenvalue weighted by atomic mass is 16.3. The van der Waals surface area contributed by atoms with Gasteiger partial charge in [-0.25, -0.2) is 0 Å². The molecule has 2 nitrogen and oxygen atoms in total. The first kappa shape index (κ1) is 31.6. The van der Waals surface area contributed by atoms with Crippen molar-refractivity contribution < 1.29 is 4.42 Å². The smallest absolute Gasteiger partial charge is 0.137 e. The zero-order chi connectivity index (χ0) is 36.7. The first-order chi connectivity index (χ1) is 27.0. The van der Waals surface area contributed by atoms with E-state index in [0.717, 1.165) is 39.0 Å². The molecule has 55 heavy (non-hydrogen) atoms. The first-order valence-electron chi connectivity index (χ1n) is 19.1. The van der Waals surface area contributed by atoms with E-state index in [1.807, 2.05) is 6.07 Å². The van der Waals surface area contributed by atoms with Gasteiger partial charge >= 0.3 is 0 Å². The molecule has 0 aliphatic heterocycles. The van der Waals surface area contributed by atoms with Crippen molar-refractivity contribution in [1.82, 2.24) is 0 Å². The van der Waals surface area contributed by atoms with E-state index in [1.165, 1.54) is 66.1 Å². The SMILES string of the molecule is CC1(C)c2ccccc2-c2ccc(N(c3ccc4c(c3)oc3ccccc34)c3cccc(-c4ccc5ccccc5c4)c3-c3cccc4ccccc34)cc21. The van der Waals surface area contributed by atoms with Crippen molar-refractivity contribution in [3.63, 3.8) is 0 Å². The third kappa shape index (κ3) is 4.88. The Morgan fingerprint density at radius 2 is 1.04 bits per heavy atom. The molecule has 260 valence electrons. The molecule has 9 aromatic carbocycles. The predicted molar refractivity (Wildman–Crippen MR) is 232 cm³/mol. The van der Waals surface area contributed by atoms with Crippen LogP contribution in [-0.2, 0) is 5.41 Å². The van der Waals surface area contributed by atoms with Gasteiger partial charge in [0.15, 0.2) is 0 Å². The Morgan fingerprint density at radius 1 is 0.400 bits per heavy atom. The molecule has 0 saturated heterocycles. The summed E-state index contributed by atoms with van der Waals surface area (Å²) in [7, 11) is 0. The Kier molecular flexibility index (Phi) is 6.93. The summed E-state index contributed by atoms with van der Waals surface area (Å²) in [6, 6.07) is 68.7. The quantitative estimate of drug-likeness (QED) is 0.177. The number of fused-ring (bicyclic) bond motifs is 8. The molecule has 1 aliphatic rings. The van der Waals surface area contributed by atoms with Gasteiger partial charge < -0.3 is 9.32 Å². The highest BCUT2D eigenvalue weighted by molar-refractivity contribution is 6.09. The largest absolute Gasteiger partial charge is 0.456 e. The number of hydrogen-bond donors (Lipinski definition) is 0. The Labute approximate surface area is 320 Å². The molecule has 0 spiro atoms. The van der Waals surface area contributed by atoms with E-state index in [-0.39, 0.29) is 5.41 Å². The Bertz CT molecular complexity index is 3140. The lowest BCUT2D eigenvalue weighted by Crippen LogP contribution is -2.17. The summed E-state index contributed by atoms with van der Waals surface area (Å²) in [6.45, 7) is 4.71. The van der Waals surface area contributed by atoms with Gasteiger partial charge in [0.2, 0.25) is 0 Å². The molecule has 10 aromatic rings. The van der Waals surface area contributed by atoms with E-state index in [9.17, 15) is 0 Å². The van der Waals surface area contributed by atoms with Crippen molar-refractivity contribution in [2.75, 3.05) is 4.90 Å². The monoisotopic (exact) mass is 703 g/mol. The molecule has 0 unspecified atom stereocenters. The Hall–Kier alpha value is -6.90.